The Morgan fingerprint density at radius 2 is 1.88 bits per heavy atom. The first-order chi connectivity index (χ1) is 8.03. The summed E-state index contributed by atoms with van der Waals surface area (Å²) in [4.78, 5) is 0. The first-order valence-corrected chi connectivity index (χ1v) is 6.83. The highest BCUT2D eigenvalue weighted by Crippen LogP contribution is 2.51. The van der Waals surface area contributed by atoms with Crippen molar-refractivity contribution >= 4 is 0 Å². The number of hydrogen-bond acceptors (Lipinski definition) is 1. The molecule has 1 aliphatic rings. The van der Waals surface area contributed by atoms with Gasteiger partial charge >= 0.3 is 0 Å². The molecule has 17 heavy (non-hydrogen) atoms. The van der Waals surface area contributed by atoms with E-state index in [9.17, 15) is 0 Å². The molecule has 0 bridgehead atoms. The van der Waals surface area contributed by atoms with E-state index in [1.807, 2.05) is 0 Å². The van der Waals surface area contributed by atoms with Gasteiger partial charge < -0.3 is 5.32 Å². The largest absolute Gasteiger partial charge is 0.310 e. The minimum absolute atomic E-state index is 0.520. The maximum Gasteiger partial charge on any atom is 0.0317 e. The van der Waals surface area contributed by atoms with Crippen molar-refractivity contribution in [3.05, 3.63) is 35.4 Å². The van der Waals surface area contributed by atoms with Gasteiger partial charge in [-0.3, -0.25) is 0 Å². The van der Waals surface area contributed by atoms with Crippen LogP contribution in [0, 0.1) is 18.3 Å². The van der Waals surface area contributed by atoms with Gasteiger partial charge in [0.1, 0.15) is 0 Å². The Hall–Kier alpha value is -0.820. The summed E-state index contributed by atoms with van der Waals surface area (Å²) in [5.41, 5.74) is 3.35. The van der Waals surface area contributed by atoms with Gasteiger partial charge in [0, 0.05) is 6.04 Å². The zero-order valence-electron chi connectivity index (χ0n) is 11.6. The molecule has 0 spiro atoms. The molecule has 2 rings (SSSR count). The van der Waals surface area contributed by atoms with Crippen LogP contribution in [-0.4, -0.2) is 6.54 Å². The maximum atomic E-state index is 3.72. The van der Waals surface area contributed by atoms with Crippen LogP contribution >= 0.6 is 0 Å². The maximum absolute atomic E-state index is 3.72. The smallest absolute Gasteiger partial charge is 0.0317 e. The van der Waals surface area contributed by atoms with Crippen LogP contribution in [0.1, 0.15) is 50.8 Å². The molecule has 0 aliphatic heterocycles. The fourth-order valence-corrected chi connectivity index (χ4v) is 2.51. The molecule has 1 nitrogen and oxygen atoms in total. The lowest BCUT2D eigenvalue weighted by Gasteiger charge is -2.18. The first kappa shape index (κ1) is 12.6. The third-order valence-electron chi connectivity index (χ3n) is 4.22. The van der Waals surface area contributed by atoms with Crippen LogP contribution in [0.25, 0.3) is 0 Å². The first-order valence-electron chi connectivity index (χ1n) is 6.83. The van der Waals surface area contributed by atoms with E-state index in [-0.39, 0.29) is 0 Å². The minimum atomic E-state index is 0.520. The van der Waals surface area contributed by atoms with Gasteiger partial charge in [-0.05, 0) is 43.2 Å². The van der Waals surface area contributed by atoms with E-state index >= 15 is 0 Å². The van der Waals surface area contributed by atoms with Gasteiger partial charge in [-0.25, -0.2) is 0 Å². The van der Waals surface area contributed by atoms with Gasteiger partial charge in [0.2, 0.25) is 0 Å². The van der Waals surface area contributed by atoms with Crippen molar-refractivity contribution in [3.63, 3.8) is 0 Å². The summed E-state index contributed by atoms with van der Waals surface area (Å²) >= 11 is 0. The van der Waals surface area contributed by atoms with Crippen LogP contribution in [0.4, 0.5) is 0 Å². The zero-order chi connectivity index (χ0) is 12.5. The molecule has 0 saturated heterocycles. The van der Waals surface area contributed by atoms with Crippen molar-refractivity contribution in [2.75, 3.05) is 6.54 Å². The molecule has 1 fully saturated rings. The van der Waals surface area contributed by atoms with Crippen molar-refractivity contribution in [3.8, 4) is 0 Å². The Morgan fingerprint density at radius 1 is 1.29 bits per heavy atom. The Morgan fingerprint density at radius 3 is 2.35 bits per heavy atom. The molecular weight excluding hydrogens is 206 g/mol. The lowest BCUT2D eigenvalue weighted by Crippen LogP contribution is -2.24. The van der Waals surface area contributed by atoms with E-state index in [0.29, 0.717) is 11.5 Å². The minimum Gasteiger partial charge on any atom is -0.310 e. The highest BCUT2D eigenvalue weighted by Gasteiger charge is 2.44. The van der Waals surface area contributed by atoms with Crippen LogP contribution in [-0.2, 0) is 0 Å². The van der Waals surface area contributed by atoms with Gasteiger partial charge in [0.05, 0.1) is 0 Å². The van der Waals surface area contributed by atoms with Crippen LogP contribution < -0.4 is 5.32 Å². The van der Waals surface area contributed by atoms with Crippen molar-refractivity contribution in [2.45, 2.75) is 46.6 Å². The van der Waals surface area contributed by atoms with Crippen LogP contribution in [0.3, 0.4) is 0 Å². The second kappa shape index (κ2) is 4.81. The number of benzene rings is 1. The Balaban J connectivity index is 1.90. The van der Waals surface area contributed by atoms with Crippen LogP contribution in [0.15, 0.2) is 24.3 Å². The van der Waals surface area contributed by atoms with E-state index in [2.05, 4.69) is 57.3 Å². The molecule has 0 amide bonds. The molecule has 0 radical (unpaired) electrons. The Labute approximate surface area is 106 Å². The monoisotopic (exact) mass is 231 g/mol. The van der Waals surface area contributed by atoms with E-state index < -0.39 is 0 Å². The summed E-state index contributed by atoms with van der Waals surface area (Å²) in [6.07, 6.45) is 2.54. The molecule has 2 atom stereocenters. The Bertz CT molecular complexity index is 364. The van der Waals surface area contributed by atoms with E-state index in [0.717, 1.165) is 12.3 Å². The third kappa shape index (κ3) is 3.10. The van der Waals surface area contributed by atoms with Crippen molar-refractivity contribution in [2.24, 2.45) is 11.3 Å². The highest BCUT2D eigenvalue weighted by atomic mass is 14.9. The fraction of sp³-hybridized carbons (Fsp3) is 0.625. The van der Waals surface area contributed by atoms with E-state index in [1.165, 1.54) is 24.1 Å². The summed E-state index contributed by atoms with van der Waals surface area (Å²) in [5, 5.41) is 3.72. The summed E-state index contributed by atoms with van der Waals surface area (Å²) in [6.45, 7) is 10.3. The number of aryl methyl sites for hydroxylation is 1. The summed E-state index contributed by atoms with van der Waals surface area (Å²) in [6, 6.07) is 9.46. The van der Waals surface area contributed by atoms with Crippen molar-refractivity contribution in [1.29, 1.82) is 0 Å². The molecule has 1 aromatic carbocycles. The fourth-order valence-electron chi connectivity index (χ4n) is 2.51. The second-order valence-corrected chi connectivity index (χ2v) is 6.17. The number of rotatable bonds is 5. The lowest BCUT2D eigenvalue weighted by atomic mass is 10.0. The predicted molar refractivity (Wildman–Crippen MR) is 74.1 cm³/mol. The van der Waals surface area contributed by atoms with Gasteiger partial charge in [-0.15, -0.1) is 0 Å². The summed E-state index contributed by atoms with van der Waals surface area (Å²) < 4.78 is 0. The summed E-state index contributed by atoms with van der Waals surface area (Å²) in [5.74, 6) is 0.877. The average Bonchev–Trinajstić information content (AvgIpc) is 2.90. The number of hydrogen-bond donors (Lipinski definition) is 1. The second-order valence-electron chi connectivity index (χ2n) is 6.17. The summed E-state index contributed by atoms with van der Waals surface area (Å²) in [7, 11) is 0. The normalized spacial score (nSPS) is 23.4. The van der Waals surface area contributed by atoms with E-state index in [4.69, 9.17) is 0 Å². The van der Waals surface area contributed by atoms with Gasteiger partial charge in [0.25, 0.3) is 0 Å². The average molecular weight is 231 g/mol. The Kier molecular flexibility index (Phi) is 3.58. The van der Waals surface area contributed by atoms with Gasteiger partial charge in [-0.2, -0.15) is 0 Å². The van der Waals surface area contributed by atoms with Crippen molar-refractivity contribution < 1.29 is 0 Å². The molecule has 1 heteroatoms. The number of nitrogens with one attached hydrogen (secondary N) is 1. The highest BCUT2D eigenvalue weighted by molar-refractivity contribution is 5.24. The van der Waals surface area contributed by atoms with Crippen molar-refractivity contribution in [1.82, 2.24) is 5.32 Å². The molecule has 1 aliphatic carbocycles. The zero-order valence-corrected chi connectivity index (χ0v) is 11.6. The molecule has 1 N–H and O–H groups in total. The molecule has 1 aromatic rings. The molecule has 0 heterocycles. The molecule has 1 saturated carbocycles. The van der Waals surface area contributed by atoms with Gasteiger partial charge in [0.15, 0.2) is 0 Å². The topological polar surface area (TPSA) is 12.0 Å². The van der Waals surface area contributed by atoms with E-state index in [1.54, 1.807) is 0 Å². The van der Waals surface area contributed by atoms with Crippen LogP contribution in [0.5, 0.6) is 0 Å². The van der Waals surface area contributed by atoms with Gasteiger partial charge in [-0.1, -0.05) is 50.6 Å². The standard InChI is InChI=1S/C16H25N/c1-5-15(13-8-6-12(2)7-9-13)17-11-14-10-16(14,3)4/h6-9,14-15,17H,5,10-11H2,1-4H3. The van der Waals surface area contributed by atoms with Crippen LogP contribution in [0.2, 0.25) is 0 Å². The predicted octanol–water partition coefficient (Wildman–Crippen LogP) is 4.08. The quantitative estimate of drug-likeness (QED) is 0.805. The molecule has 94 valence electrons. The molecular formula is C16H25N. The lowest BCUT2D eigenvalue weighted by molar-refractivity contribution is 0.460. The molecule has 0 aromatic heterocycles. The molecule has 2 unspecified atom stereocenters. The SMILES string of the molecule is CCC(NCC1CC1(C)C)c1ccc(C)cc1. The third-order valence-corrected chi connectivity index (χ3v) is 4.22.